The number of nitrogens with zero attached hydrogens (tertiary/aromatic N) is 1. The third-order valence-electron chi connectivity index (χ3n) is 3.05. The van der Waals surface area contributed by atoms with Gasteiger partial charge >= 0.3 is 0 Å². The summed E-state index contributed by atoms with van der Waals surface area (Å²) in [7, 11) is 0. The van der Waals surface area contributed by atoms with Crippen molar-refractivity contribution in [3.05, 3.63) is 63.5 Å². The summed E-state index contributed by atoms with van der Waals surface area (Å²) in [6, 6.07) is 8.59. The fraction of sp³-hybridized carbons (Fsp3) is 0.133. The minimum Gasteiger partial charge on any atom is -0.350 e. The van der Waals surface area contributed by atoms with E-state index in [0.717, 1.165) is 0 Å². The van der Waals surface area contributed by atoms with Crippen molar-refractivity contribution in [3.63, 3.8) is 0 Å². The molecule has 1 N–H and O–H groups in total. The van der Waals surface area contributed by atoms with Gasteiger partial charge in [-0.25, -0.2) is 4.39 Å². The lowest BCUT2D eigenvalue weighted by molar-refractivity contribution is -0.383. The Labute approximate surface area is 120 Å². The normalized spacial score (nSPS) is 10.2. The summed E-state index contributed by atoms with van der Waals surface area (Å²) >= 11 is 0. The molecule has 21 heavy (non-hydrogen) atoms. The Kier molecular flexibility index (Phi) is 3.98. The maximum absolute atomic E-state index is 13.5. The van der Waals surface area contributed by atoms with Crippen LogP contribution in [-0.4, -0.2) is 10.7 Å². The molecule has 0 saturated heterocycles. The van der Waals surface area contributed by atoms with Gasteiger partial charge in [0.25, 0.3) is 5.69 Å². The van der Waals surface area contributed by atoms with Crippen LogP contribution in [0.2, 0.25) is 0 Å². The number of halogens is 1. The first-order valence-electron chi connectivity index (χ1n) is 6.21. The third kappa shape index (κ3) is 3.22. The van der Waals surface area contributed by atoms with Crippen LogP contribution in [0, 0.1) is 22.9 Å². The van der Waals surface area contributed by atoms with Gasteiger partial charge in [0.15, 0.2) is 5.78 Å². The quantitative estimate of drug-likeness (QED) is 0.524. The van der Waals surface area contributed by atoms with E-state index < -0.39 is 10.7 Å². The Hall–Kier alpha value is -2.76. The molecule has 0 aliphatic rings. The number of aryl methyl sites for hydroxylation is 1. The summed E-state index contributed by atoms with van der Waals surface area (Å²) in [4.78, 5) is 21.8. The van der Waals surface area contributed by atoms with Crippen LogP contribution in [0.4, 0.5) is 21.5 Å². The van der Waals surface area contributed by atoms with E-state index in [2.05, 4.69) is 5.32 Å². The number of hydrogen-bond donors (Lipinski definition) is 1. The van der Waals surface area contributed by atoms with Crippen molar-refractivity contribution in [2.45, 2.75) is 13.8 Å². The number of nitro groups is 1. The predicted molar refractivity (Wildman–Crippen MR) is 77.5 cm³/mol. The molecule has 0 radical (unpaired) electrons. The summed E-state index contributed by atoms with van der Waals surface area (Å²) in [6.07, 6.45) is 0. The van der Waals surface area contributed by atoms with Crippen LogP contribution in [0.3, 0.4) is 0 Å². The molecular formula is C15H13FN2O3. The second-order valence-corrected chi connectivity index (χ2v) is 4.63. The number of hydrogen-bond acceptors (Lipinski definition) is 4. The van der Waals surface area contributed by atoms with Crippen LogP contribution in [-0.2, 0) is 0 Å². The molecule has 0 aliphatic heterocycles. The lowest BCUT2D eigenvalue weighted by atomic mass is 10.1. The van der Waals surface area contributed by atoms with Gasteiger partial charge in [0.2, 0.25) is 0 Å². The largest absolute Gasteiger partial charge is 0.350 e. The van der Waals surface area contributed by atoms with Gasteiger partial charge < -0.3 is 5.32 Å². The maximum atomic E-state index is 13.5. The highest BCUT2D eigenvalue weighted by Crippen LogP contribution is 2.29. The maximum Gasteiger partial charge on any atom is 0.293 e. The zero-order valence-electron chi connectivity index (χ0n) is 11.5. The van der Waals surface area contributed by atoms with Crippen molar-refractivity contribution < 1.29 is 14.1 Å². The Morgan fingerprint density at radius 1 is 1.24 bits per heavy atom. The molecule has 2 aromatic rings. The Morgan fingerprint density at radius 3 is 2.52 bits per heavy atom. The number of anilines is 2. The lowest BCUT2D eigenvalue weighted by Crippen LogP contribution is -2.00. The number of nitrogens with one attached hydrogen (secondary N) is 1. The molecule has 2 rings (SSSR count). The number of carbonyl (C=O) groups excluding carboxylic acids is 1. The van der Waals surface area contributed by atoms with Gasteiger partial charge in [-0.3, -0.25) is 14.9 Å². The number of carbonyl (C=O) groups is 1. The Balaban J connectivity index is 2.41. The molecule has 0 aliphatic carbocycles. The van der Waals surface area contributed by atoms with Gasteiger partial charge in [0.05, 0.1) is 4.92 Å². The Morgan fingerprint density at radius 2 is 1.95 bits per heavy atom. The van der Waals surface area contributed by atoms with Crippen LogP contribution in [0.5, 0.6) is 0 Å². The molecule has 0 unspecified atom stereocenters. The first-order chi connectivity index (χ1) is 9.88. The monoisotopic (exact) mass is 288 g/mol. The highest BCUT2D eigenvalue weighted by Gasteiger charge is 2.16. The molecule has 2 aromatic carbocycles. The number of benzene rings is 2. The molecule has 6 heteroatoms. The number of nitro benzene ring substituents is 1. The number of ketones is 1. The molecule has 0 fully saturated rings. The first kappa shape index (κ1) is 14.6. The van der Waals surface area contributed by atoms with Crippen molar-refractivity contribution in [1.29, 1.82) is 0 Å². The van der Waals surface area contributed by atoms with Gasteiger partial charge in [-0.05, 0) is 43.7 Å². The average molecular weight is 288 g/mol. The standard InChI is InChI=1S/C15H13FN2O3/c1-9-3-5-12(8-13(9)16)17-14-6-4-11(10(2)19)7-15(14)18(20)21/h3-8,17H,1-2H3. The highest BCUT2D eigenvalue weighted by molar-refractivity contribution is 5.95. The van der Waals surface area contributed by atoms with Gasteiger partial charge in [-0.1, -0.05) is 6.07 Å². The number of Topliss-reactive ketones (excluding diaryl/α,β-unsaturated/α-hetero) is 1. The van der Waals surface area contributed by atoms with Crippen LogP contribution in [0.25, 0.3) is 0 Å². The van der Waals surface area contributed by atoms with Crippen molar-refractivity contribution >= 4 is 22.8 Å². The van der Waals surface area contributed by atoms with Gasteiger partial charge in [0.1, 0.15) is 11.5 Å². The van der Waals surface area contributed by atoms with E-state index in [1.54, 1.807) is 19.1 Å². The molecule has 0 atom stereocenters. The molecular weight excluding hydrogens is 275 g/mol. The van der Waals surface area contributed by atoms with E-state index >= 15 is 0 Å². The third-order valence-corrected chi connectivity index (χ3v) is 3.05. The lowest BCUT2D eigenvalue weighted by Gasteiger charge is -2.09. The molecule has 108 valence electrons. The molecule has 0 heterocycles. The molecule has 0 aromatic heterocycles. The predicted octanol–water partition coefficient (Wildman–Crippen LogP) is 3.99. The summed E-state index contributed by atoms with van der Waals surface area (Å²) in [5, 5.41) is 13.9. The second kappa shape index (κ2) is 5.70. The molecule has 0 amide bonds. The molecule has 0 bridgehead atoms. The summed E-state index contributed by atoms with van der Waals surface area (Å²) in [6.45, 7) is 2.96. The number of rotatable bonds is 4. The minimum atomic E-state index is -0.584. The fourth-order valence-electron chi connectivity index (χ4n) is 1.83. The van der Waals surface area contributed by atoms with Crippen LogP contribution < -0.4 is 5.32 Å². The summed E-state index contributed by atoms with van der Waals surface area (Å²) in [5.74, 6) is -0.658. The van der Waals surface area contributed by atoms with Crippen molar-refractivity contribution in [3.8, 4) is 0 Å². The van der Waals surface area contributed by atoms with E-state index in [-0.39, 0.29) is 22.7 Å². The SMILES string of the molecule is CC(=O)c1ccc(Nc2ccc(C)c(F)c2)c([N+](=O)[O-])c1. The van der Waals surface area contributed by atoms with Crippen molar-refractivity contribution in [1.82, 2.24) is 0 Å². The van der Waals surface area contributed by atoms with E-state index in [1.165, 1.54) is 31.2 Å². The average Bonchev–Trinajstić information content (AvgIpc) is 2.43. The van der Waals surface area contributed by atoms with Gasteiger partial charge in [-0.15, -0.1) is 0 Å². The Bertz CT molecular complexity index is 729. The summed E-state index contributed by atoms with van der Waals surface area (Å²) < 4.78 is 13.5. The smallest absolute Gasteiger partial charge is 0.293 e. The van der Waals surface area contributed by atoms with Crippen LogP contribution >= 0.6 is 0 Å². The molecule has 0 saturated carbocycles. The van der Waals surface area contributed by atoms with E-state index in [4.69, 9.17) is 0 Å². The topological polar surface area (TPSA) is 72.2 Å². The second-order valence-electron chi connectivity index (χ2n) is 4.63. The van der Waals surface area contributed by atoms with Gasteiger partial charge in [-0.2, -0.15) is 0 Å². The summed E-state index contributed by atoms with van der Waals surface area (Å²) in [5.41, 5.74) is 1.11. The molecule has 0 spiro atoms. The van der Waals surface area contributed by atoms with E-state index in [1.807, 2.05) is 0 Å². The minimum absolute atomic E-state index is 0.202. The van der Waals surface area contributed by atoms with E-state index in [0.29, 0.717) is 11.3 Å². The first-order valence-corrected chi connectivity index (χ1v) is 6.21. The zero-order valence-corrected chi connectivity index (χ0v) is 11.5. The van der Waals surface area contributed by atoms with Crippen LogP contribution in [0.1, 0.15) is 22.8 Å². The highest BCUT2D eigenvalue weighted by atomic mass is 19.1. The van der Waals surface area contributed by atoms with Gasteiger partial charge in [0, 0.05) is 17.3 Å². The molecule has 5 nitrogen and oxygen atoms in total. The van der Waals surface area contributed by atoms with Crippen molar-refractivity contribution in [2.24, 2.45) is 0 Å². The van der Waals surface area contributed by atoms with Crippen molar-refractivity contribution in [2.75, 3.05) is 5.32 Å². The fourth-order valence-corrected chi connectivity index (χ4v) is 1.83. The van der Waals surface area contributed by atoms with E-state index in [9.17, 15) is 19.3 Å². The zero-order chi connectivity index (χ0) is 15.6. The van der Waals surface area contributed by atoms with Crippen LogP contribution in [0.15, 0.2) is 36.4 Å².